The molecule has 2 aromatic heterocycles. The Morgan fingerprint density at radius 2 is 2.21 bits per heavy atom. The van der Waals surface area contributed by atoms with E-state index in [1.165, 1.54) is 6.33 Å². The number of nitrogens with zero attached hydrogens (tertiary/aromatic N) is 2. The summed E-state index contributed by atoms with van der Waals surface area (Å²) in [6.07, 6.45) is 2.42. The molecule has 0 amide bonds. The van der Waals surface area contributed by atoms with Crippen LogP contribution in [0.25, 0.3) is 11.0 Å². The molecule has 0 unspecified atom stereocenters. The van der Waals surface area contributed by atoms with E-state index in [0.29, 0.717) is 36.4 Å². The molecule has 1 aliphatic heterocycles. The summed E-state index contributed by atoms with van der Waals surface area (Å²) in [7, 11) is 0. The number of anilines is 1. The molecular formula is C12H15ClN4O2. The zero-order valence-electron chi connectivity index (χ0n) is 10.6. The van der Waals surface area contributed by atoms with Crippen LogP contribution in [0.3, 0.4) is 0 Å². The van der Waals surface area contributed by atoms with Gasteiger partial charge in [0.25, 0.3) is 0 Å². The van der Waals surface area contributed by atoms with Crippen molar-refractivity contribution >= 4 is 28.5 Å². The van der Waals surface area contributed by atoms with Crippen molar-refractivity contribution in [3.8, 4) is 0 Å². The number of nitrogens with one attached hydrogen (secondary N) is 2. The van der Waals surface area contributed by atoms with Crippen LogP contribution >= 0.6 is 11.6 Å². The Bertz CT molecular complexity index is 580. The molecule has 0 bridgehead atoms. The summed E-state index contributed by atoms with van der Waals surface area (Å²) in [6, 6.07) is 1.80. The zero-order valence-corrected chi connectivity index (χ0v) is 11.3. The van der Waals surface area contributed by atoms with Gasteiger partial charge in [0.1, 0.15) is 22.9 Å². The first kappa shape index (κ1) is 12.7. The van der Waals surface area contributed by atoms with E-state index in [1.54, 1.807) is 6.07 Å². The van der Waals surface area contributed by atoms with E-state index in [1.807, 2.05) is 6.92 Å². The monoisotopic (exact) mass is 282 g/mol. The largest absolute Gasteiger partial charge is 0.364 e. The molecule has 1 saturated heterocycles. The maximum absolute atomic E-state index is 5.93. The van der Waals surface area contributed by atoms with Crippen molar-refractivity contribution in [1.29, 1.82) is 0 Å². The van der Waals surface area contributed by atoms with Crippen LogP contribution in [-0.4, -0.2) is 40.5 Å². The number of aromatic amines is 1. The van der Waals surface area contributed by atoms with E-state index in [4.69, 9.17) is 21.1 Å². The fourth-order valence-electron chi connectivity index (χ4n) is 2.07. The number of hydrogen-bond acceptors (Lipinski definition) is 5. The minimum atomic E-state index is -0.615. The van der Waals surface area contributed by atoms with Gasteiger partial charge in [-0.2, -0.15) is 0 Å². The van der Waals surface area contributed by atoms with Gasteiger partial charge in [-0.05, 0) is 19.4 Å². The number of ether oxygens (including phenoxy) is 2. The SMILES string of the molecule is CC1(CNc2ncnc3[nH]c(Cl)cc23)OCCCO1. The fraction of sp³-hybridized carbons (Fsp3) is 0.500. The molecule has 0 radical (unpaired) electrons. The van der Waals surface area contributed by atoms with Gasteiger partial charge in [0.05, 0.1) is 25.1 Å². The van der Waals surface area contributed by atoms with Crippen LogP contribution in [0.1, 0.15) is 13.3 Å². The minimum absolute atomic E-state index is 0.516. The van der Waals surface area contributed by atoms with Crippen molar-refractivity contribution in [3.05, 3.63) is 17.5 Å². The lowest BCUT2D eigenvalue weighted by atomic mass is 10.2. The average molecular weight is 283 g/mol. The van der Waals surface area contributed by atoms with E-state index < -0.39 is 5.79 Å². The number of hydrogen-bond donors (Lipinski definition) is 2. The summed E-state index contributed by atoms with van der Waals surface area (Å²) >= 11 is 5.93. The Labute approximate surface area is 115 Å². The summed E-state index contributed by atoms with van der Waals surface area (Å²) in [6.45, 7) is 3.87. The summed E-state index contributed by atoms with van der Waals surface area (Å²) in [5.74, 6) is 0.0995. The van der Waals surface area contributed by atoms with Crippen molar-refractivity contribution in [2.24, 2.45) is 0 Å². The molecule has 102 valence electrons. The minimum Gasteiger partial charge on any atom is -0.364 e. The Hall–Kier alpha value is -1.37. The third kappa shape index (κ3) is 2.65. The molecule has 2 N–H and O–H groups in total. The number of rotatable bonds is 3. The van der Waals surface area contributed by atoms with Gasteiger partial charge in [-0.15, -0.1) is 0 Å². The van der Waals surface area contributed by atoms with Crippen LogP contribution in [-0.2, 0) is 9.47 Å². The van der Waals surface area contributed by atoms with Crippen LogP contribution in [0, 0.1) is 0 Å². The van der Waals surface area contributed by atoms with E-state index in [2.05, 4.69) is 20.3 Å². The number of fused-ring (bicyclic) bond motifs is 1. The Balaban J connectivity index is 1.78. The number of aromatic nitrogens is 3. The van der Waals surface area contributed by atoms with Crippen molar-refractivity contribution < 1.29 is 9.47 Å². The van der Waals surface area contributed by atoms with Crippen molar-refractivity contribution in [3.63, 3.8) is 0 Å². The first-order valence-electron chi connectivity index (χ1n) is 6.17. The molecule has 0 saturated carbocycles. The second-order valence-electron chi connectivity index (χ2n) is 4.64. The molecule has 0 aromatic carbocycles. The molecular weight excluding hydrogens is 268 g/mol. The average Bonchev–Trinajstić information content (AvgIpc) is 2.78. The van der Waals surface area contributed by atoms with E-state index >= 15 is 0 Å². The summed E-state index contributed by atoms with van der Waals surface area (Å²) in [4.78, 5) is 11.3. The third-order valence-corrected chi connectivity index (χ3v) is 3.28. The van der Waals surface area contributed by atoms with Crippen LogP contribution in [0.2, 0.25) is 5.15 Å². The van der Waals surface area contributed by atoms with Crippen LogP contribution in [0.4, 0.5) is 5.82 Å². The molecule has 1 fully saturated rings. The lowest BCUT2D eigenvalue weighted by Crippen LogP contribution is -2.43. The molecule has 3 heterocycles. The molecule has 1 aliphatic rings. The lowest BCUT2D eigenvalue weighted by molar-refractivity contribution is -0.246. The molecule has 0 atom stereocenters. The normalized spacial score (nSPS) is 18.6. The van der Waals surface area contributed by atoms with Gasteiger partial charge in [-0.3, -0.25) is 0 Å². The van der Waals surface area contributed by atoms with Gasteiger partial charge in [-0.25, -0.2) is 9.97 Å². The quantitative estimate of drug-likeness (QED) is 0.903. The van der Waals surface area contributed by atoms with E-state index in [0.717, 1.165) is 11.8 Å². The highest BCUT2D eigenvalue weighted by Crippen LogP contribution is 2.24. The van der Waals surface area contributed by atoms with Crippen molar-refractivity contribution in [2.45, 2.75) is 19.1 Å². The molecule has 19 heavy (non-hydrogen) atoms. The third-order valence-electron chi connectivity index (χ3n) is 3.07. The molecule has 7 heteroatoms. The molecule has 0 spiro atoms. The second kappa shape index (κ2) is 4.96. The van der Waals surface area contributed by atoms with Crippen LogP contribution in [0.15, 0.2) is 12.4 Å². The highest BCUT2D eigenvalue weighted by atomic mass is 35.5. The molecule has 2 aromatic rings. The predicted molar refractivity (Wildman–Crippen MR) is 72.3 cm³/mol. The first-order chi connectivity index (χ1) is 9.16. The second-order valence-corrected chi connectivity index (χ2v) is 5.05. The zero-order chi connectivity index (χ0) is 13.3. The number of halogens is 1. The van der Waals surface area contributed by atoms with Gasteiger partial charge in [-0.1, -0.05) is 11.6 Å². The maximum atomic E-state index is 5.93. The Morgan fingerprint density at radius 3 is 3.00 bits per heavy atom. The van der Waals surface area contributed by atoms with Gasteiger partial charge >= 0.3 is 0 Å². The maximum Gasteiger partial charge on any atom is 0.182 e. The summed E-state index contributed by atoms with van der Waals surface area (Å²) in [5.41, 5.74) is 0.707. The van der Waals surface area contributed by atoms with Crippen molar-refractivity contribution in [1.82, 2.24) is 15.0 Å². The summed E-state index contributed by atoms with van der Waals surface area (Å²) < 4.78 is 11.3. The molecule has 3 rings (SSSR count). The van der Waals surface area contributed by atoms with Crippen LogP contribution in [0.5, 0.6) is 0 Å². The van der Waals surface area contributed by atoms with Gasteiger partial charge < -0.3 is 19.8 Å². The predicted octanol–water partition coefficient (Wildman–Crippen LogP) is 2.18. The smallest absolute Gasteiger partial charge is 0.182 e. The first-order valence-corrected chi connectivity index (χ1v) is 6.55. The highest BCUT2D eigenvalue weighted by molar-refractivity contribution is 6.30. The highest BCUT2D eigenvalue weighted by Gasteiger charge is 2.29. The van der Waals surface area contributed by atoms with E-state index in [-0.39, 0.29) is 0 Å². The molecule has 0 aliphatic carbocycles. The fourth-order valence-corrected chi connectivity index (χ4v) is 2.27. The van der Waals surface area contributed by atoms with Gasteiger partial charge in [0.2, 0.25) is 0 Å². The topological polar surface area (TPSA) is 72.1 Å². The Morgan fingerprint density at radius 1 is 1.42 bits per heavy atom. The Kier molecular flexibility index (Phi) is 3.30. The van der Waals surface area contributed by atoms with Crippen molar-refractivity contribution in [2.75, 3.05) is 25.1 Å². The van der Waals surface area contributed by atoms with Gasteiger partial charge in [0, 0.05) is 0 Å². The standard InChI is InChI=1S/C12H15ClN4O2/c1-12(18-3-2-4-19-12)6-14-10-8-5-9(13)17-11(8)16-7-15-10/h5,7H,2-4,6H2,1H3,(H2,14,15,16,17). The van der Waals surface area contributed by atoms with E-state index in [9.17, 15) is 0 Å². The lowest BCUT2D eigenvalue weighted by Gasteiger charge is -2.34. The van der Waals surface area contributed by atoms with Crippen LogP contribution < -0.4 is 5.32 Å². The molecule has 6 nitrogen and oxygen atoms in total. The summed E-state index contributed by atoms with van der Waals surface area (Å²) in [5, 5.41) is 4.62. The number of H-pyrrole nitrogens is 1. The van der Waals surface area contributed by atoms with Gasteiger partial charge in [0.15, 0.2) is 5.79 Å².